The topological polar surface area (TPSA) is 122 Å². The Morgan fingerprint density at radius 2 is 2.00 bits per heavy atom. The Morgan fingerprint density at radius 1 is 1.25 bits per heavy atom. The van der Waals surface area contributed by atoms with Crippen molar-refractivity contribution >= 4 is 23.2 Å². The van der Waals surface area contributed by atoms with E-state index in [0.717, 1.165) is 18.5 Å². The number of carbonyl (C=O) groups is 1. The fraction of sp³-hybridized carbons (Fsp3) is 0.435. The maximum absolute atomic E-state index is 13.1. The minimum absolute atomic E-state index is 0.00138. The number of phenols is 1. The lowest BCUT2D eigenvalue weighted by atomic mass is 9.86. The highest BCUT2D eigenvalue weighted by Gasteiger charge is 2.42. The van der Waals surface area contributed by atoms with Gasteiger partial charge in [-0.15, -0.1) is 0 Å². The van der Waals surface area contributed by atoms with Crippen molar-refractivity contribution in [2.45, 2.75) is 44.7 Å². The number of rotatable bonds is 5. The van der Waals surface area contributed by atoms with Gasteiger partial charge in [0.2, 0.25) is 11.8 Å². The molecular formula is C23H29N5O4. The Kier molecular flexibility index (Phi) is 5.92. The van der Waals surface area contributed by atoms with Crippen LogP contribution in [0.5, 0.6) is 11.6 Å². The van der Waals surface area contributed by atoms with E-state index in [-0.39, 0.29) is 30.1 Å². The Hall–Kier alpha value is -3.33. The Labute approximate surface area is 187 Å². The van der Waals surface area contributed by atoms with Gasteiger partial charge in [0, 0.05) is 30.5 Å². The third-order valence-electron chi connectivity index (χ3n) is 6.01. The fourth-order valence-electron chi connectivity index (χ4n) is 4.35. The number of phenolic OH excluding ortho intramolecular Hbond substituents is 1. The van der Waals surface area contributed by atoms with Crippen LogP contribution in [0.15, 0.2) is 35.3 Å². The normalized spacial score (nSPS) is 21.9. The van der Waals surface area contributed by atoms with Gasteiger partial charge in [0.1, 0.15) is 11.4 Å². The molecule has 2 aromatic rings. The number of aliphatic imine (C=N–C) groups is 1. The molecule has 0 unspecified atom stereocenters. The predicted molar refractivity (Wildman–Crippen MR) is 121 cm³/mol. The molecule has 170 valence electrons. The summed E-state index contributed by atoms with van der Waals surface area (Å²) >= 11 is 0. The molecule has 9 nitrogen and oxygen atoms in total. The first-order chi connectivity index (χ1) is 15.3. The molecule has 0 saturated carbocycles. The van der Waals surface area contributed by atoms with Crippen LogP contribution in [0.4, 0.5) is 11.4 Å². The molecule has 2 aliphatic heterocycles. The number of ether oxygens (including phenoxy) is 2. The molecule has 1 atom stereocenters. The number of nitrogens with one attached hydrogen (secondary N) is 1. The molecule has 0 bridgehead atoms. The van der Waals surface area contributed by atoms with E-state index in [1.807, 2.05) is 26.0 Å². The Balaban J connectivity index is 1.65. The third kappa shape index (κ3) is 4.08. The zero-order valence-electron chi connectivity index (χ0n) is 18.6. The van der Waals surface area contributed by atoms with Crippen molar-refractivity contribution in [1.82, 2.24) is 9.88 Å². The van der Waals surface area contributed by atoms with Gasteiger partial charge in [-0.2, -0.15) is 0 Å². The molecule has 4 rings (SSSR count). The van der Waals surface area contributed by atoms with E-state index in [9.17, 15) is 9.90 Å². The first-order valence-corrected chi connectivity index (χ1v) is 10.7. The van der Waals surface area contributed by atoms with E-state index in [1.54, 1.807) is 30.2 Å². The summed E-state index contributed by atoms with van der Waals surface area (Å²) in [5.74, 6) is 0.497. The van der Waals surface area contributed by atoms with Crippen LogP contribution in [0.25, 0.3) is 0 Å². The van der Waals surface area contributed by atoms with E-state index in [4.69, 9.17) is 15.2 Å². The first-order valence-electron chi connectivity index (χ1n) is 10.7. The van der Waals surface area contributed by atoms with Crippen LogP contribution >= 0.6 is 0 Å². The van der Waals surface area contributed by atoms with Gasteiger partial charge in [-0.1, -0.05) is 12.1 Å². The SMILES string of the molecule is COc1nc(C)ccc1Nc1cccc([C@]2(C)CC(=O)N(C3CCOCC3)C(N)=N2)c1O. The van der Waals surface area contributed by atoms with Crippen molar-refractivity contribution in [3.63, 3.8) is 0 Å². The number of anilines is 2. The van der Waals surface area contributed by atoms with E-state index in [2.05, 4.69) is 15.3 Å². The molecule has 4 N–H and O–H groups in total. The van der Waals surface area contributed by atoms with Gasteiger partial charge in [0.25, 0.3) is 0 Å². The highest BCUT2D eigenvalue weighted by Crippen LogP contribution is 2.43. The number of nitrogens with two attached hydrogens (primary N) is 1. The average molecular weight is 440 g/mol. The lowest BCUT2D eigenvalue weighted by molar-refractivity contribution is -0.132. The third-order valence-corrected chi connectivity index (χ3v) is 6.01. The molecule has 1 amide bonds. The number of hydrogen-bond acceptors (Lipinski definition) is 8. The molecule has 9 heteroatoms. The second-order valence-corrected chi connectivity index (χ2v) is 8.36. The second-order valence-electron chi connectivity index (χ2n) is 8.36. The minimum Gasteiger partial charge on any atom is -0.505 e. The monoisotopic (exact) mass is 439 g/mol. The van der Waals surface area contributed by atoms with E-state index < -0.39 is 5.54 Å². The number of pyridine rings is 1. The summed E-state index contributed by atoms with van der Waals surface area (Å²) in [5, 5.41) is 14.3. The minimum atomic E-state index is -0.986. The van der Waals surface area contributed by atoms with Gasteiger partial charge in [0.05, 0.1) is 24.8 Å². The smallest absolute Gasteiger partial charge is 0.237 e. The largest absolute Gasteiger partial charge is 0.505 e. The Morgan fingerprint density at radius 3 is 2.69 bits per heavy atom. The number of methoxy groups -OCH3 is 1. The number of para-hydroxylation sites is 1. The van der Waals surface area contributed by atoms with Crippen molar-refractivity contribution in [2.75, 3.05) is 25.6 Å². The van der Waals surface area contributed by atoms with Gasteiger partial charge in [0.15, 0.2) is 5.96 Å². The number of guanidine groups is 1. The lowest BCUT2D eigenvalue weighted by Crippen LogP contribution is -2.55. The first kappa shape index (κ1) is 21.9. The van der Waals surface area contributed by atoms with Crippen molar-refractivity contribution in [3.8, 4) is 11.6 Å². The molecule has 1 saturated heterocycles. The Bertz CT molecular complexity index is 1050. The van der Waals surface area contributed by atoms with Crippen molar-refractivity contribution in [1.29, 1.82) is 0 Å². The fourth-order valence-corrected chi connectivity index (χ4v) is 4.35. The van der Waals surface area contributed by atoms with Crippen molar-refractivity contribution in [3.05, 3.63) is 41.6 Å². The lowest BCUT2D eigenvalue weighted by Gasteiger charge is -2.40. The maximum atomic E-state index is 13.1. The van der Waals surface area contributed by atoms with E-state index in [0.29, 0.717) is 36.0 Å². The summed E-state index contributed by atoms with van der Waals surface area (Å²) in [6.45, 7) is 4.89. The molecule has 0 spiro atoms. The number of aromatic hydroxyl groups is 1. The van der Waals surface area contributed by atoms with E-state index in [1.165, 1.54) is 0 Å². The maximum Gasteiger partial charge on any atom is 0.237 e. The molecule has 2 aliphatic rings. The average Bonchev–Trinajstić information content (AvgIpc) is 2.76. The predicted octanol–water partition coefficient (Wildman–Crippen LogP) is 2.79. The summed E-state index contributed by atoms with van der Waals surface area (Å²) in [6, 6.07) is 8.99. The van der Waals surface area contributed by atoms with Gasteiger partial charge in [-0.05, 0) is 44.9 Å². The van der Waals surface area contributed by atoms with Crippen LogP contribution in [-0.4, -0.2) is 53.2 Å². The van der Waals surface area contributed by atoms with Crippen LogP contribution in [0.1, 0.15) is 37.4 Å². The zero-order chi connectivity index (χ0) is 22.9. The molecular weight excluding hydrogens is 410 g/mol. The molecule has 1 fully saturated rings. The number of carbonyl (C=O) groups excluding carboxylic acids is 1. The van der Waals surface area contributed by atoms with Crippen LogP contribution < -0.4 is 15.8 Å². The van der Waals surface area contributed by atoms with Gasteiger partial charge >= 0.3 is 0 Å². The second kappa shape index (κ2) is 8.66. The standard InChI is InChI=1S/C23H29N5O4/c1-14-7-8-18(21(25-14)31-3)26-17-6-4-5-16(20(17)30)23(2)13-19(29)28(22(24)27-23)15-9-11-32-12-10-15/h4-8,15,26,30H,9-13H2,1-3H3,(H2,24,27)/t23-/m0/s1. The molecule has 32 heavy (non-hydrogen) atoms. The van der Waals surface area contributed by atoms with Crippen LogP contribution in [0.2, 0.25) is 0 Å². The van der Waals surface area contributed by atoms with Gasteiger partial charge < -0.3 is 25.6 Å². The van der Waals surface area contributed by atoms with E-state index >= 15 is 0 Å². The molecule has 3 heterocycles. The quantitative estimate of drug-likeness (QED) is 0.612. The summed E-state index contributed by atoms with van der Waals surface area (Å²) in [4.78, 5) is 23.7. The number of hydrogen-bond donors (Lipinski definition) is 3. The molecule has 1 aromatic carbocycles. The van der Waals surface area contributed by atoms with Crippen LogP contribution in [0, 0.1) is 6.92 Å². The molecule has 0 aliphatic carbocycles. The summed E-state index contributed by atoms with van der Waals surface area (Å²) in [6.07, 6.45) is 1.57. The molecule has 1 aromatic heterocycles. The summed E-state index contributed by atoms with van der Waals surface area (Å²) < 4.78 is 10.7. The number of aromatic nitrogens is 1. The number of nitrogens with zero attached hydrogens (tertiary/aromatic N) is 3. The van der Waals surface area contributed by atoms with Crippen molar-refractivity contribution < 1.29 is 19.4 Å². The van der Waals surface area contributed by atoms with Crippen molar-refractivity contribution in [2.24, 2.45) is 10.7 Å². The zero-order valence-corrected chi connectivity index (χ0v) is 18.6. The number of benzene rings is 1. The number of aryl methyl sites for hydroxylation is 1. The summed E-state index contributed by atoms with van der Waals surface area (Å²) in [7, 11) is 1.54. The van der Waals surface area contributed by atoms with Crippen LogP contribution in [0.3, 0.4) is 0 Å². The molecule has 0 radical (unpaired) electrons. The summed E-state index contributed by atoms with van der Waals surface area (Å²) in [5.41, 5.74) is 7.69. The van der Waals surface area contributed by atoms with Gasteiger partial charge in [-0.25, -0.2) is 9.98 Å². The van der Waals surface area contributed by atoms with Crippen LogP contribution in [-0.2, 0) is 15.1 Å². The van der Waals surface area contributed by atoms with Gasteiger partial charge in [-0.3, -0.25) is 9.69 Å². The highest BCUT2D eigenvalue weighted by molar-refractivity contribution is 5.99. The number of amides is 1. The highest BCUT2D eigenvalue weighted by atomic mass is 16.5.